The van der Waals surface area contributed by atoms with Crippen molar-refractivity contribution >= 4 is 22.2 Å². The molecule has 3 aromatic heterocycles. The summed E-state index contributed by atoms with van der Waals surface area (Å²) in [6, 6.07) is 0. The fourth-order valence-electron chi connectivity index (χ4n) is 3.65. The number of halogens is 3. The lowest BCUT2D eigenvalue weighted by Crippen LogP contribution is -2.37. The van der Waals surface area contributed by atoms with Crippen LogP contribution in [0.2, 0.25) is 0 Å². The summed E-state index contributed by atoms with van der Waals surface area (Å²) in [6.45, 7) is 2.46. The predicted octanol–water partition coefficient (Wildman–Crippen LogP) is 3.14. The van der Waals surface area contributed by atoms with Crippen LogP contribution < -0.4 is 0 Å². The number of aromatic nitrogens is 4. The highest BCUT2D eigenvalue weighted by molar-refractivity contribution is 7.15. The van der Waals surface area contributed by atoms with Crippen molar-refractivity contribution in [2.24, 2.45) is 5.92 Å². The second kappa shape index (κ2) is 6.36. The molecule has 0 fully saturated rings. The predicted molar refractivity (Wildman–Crippen MR) is 93.3 cm³/mol. The fraction of sp³-hybridized carbons (Fsp3) is 0.471. The minimum absolute atomic E-state index is 0.0689. The van der Waals surface area contributed by atoms with E-state index < -0.39 is 12.0 Å². The van der Waals surface area contributed by atoms with E-state index in [0.29, 0.717) is 18.7 Å². The molecule has 0 bridgehead atoms. The molecule has 0 N–H and O–H groups in total. The SMILES string of the molecule is Cc1nc2sccn2c1CN(C)C(=O)C1CCn2c(cnc2C(F)(F)F)C1. The molecule has 1 aliphatic rings. The normalized spacial score (nSPS) is 17.3. The van der Waals surface area contributed by atoms with Crippen molar-refractivity contribution in [2.75, 3.05) is 7.05 Å². The monoisotopic (exact) mass is 397 g/mol. The first-order valence-electron chi connectivity index (χ1n) is 8.53. The quantitative estimate of drug-likeness (QED) is 0.682. The number of alkyl halides is 3. The van der Waals surface area contributed by atoms with Gasteiger partial charge in [0.05, 0.1) is 17.9 Å². The van der Waals surface area contributed by atoms with Crippen molar-refractivity contribution in [1.82, 2.24) is 23.8 Å². The third-order valence-corrected chi connectivity index (χ3v) is 5.78. The van der Waals surface area contributed by atoms with Gasteiger partial charge in [-0.05, 0) is 13.3 Å². The van der Waals surface area contributed by atoms with Crippen LogP contribution in [0.3, 0.4) is 0 Å². The maximum absolute atomic E-state index is 13.0. The van der Waals surface area contributed by atoms with Crippen molar-refractivity contribution in [3.05, 3.63) is 40.7 Å². The number of amides is 1. The summed E-state index contributed by atoms with van der Waals surface area (Å²) in [5, 5.41) is 1.94. The summed E-state index contributed by atoms with van der Waals surface area (Å²) in [5.74, 6) is -1.29. The van der Waals surface area contributed by atoms with Crippen molar-refractivity contribution in [3.8, 4) is 0 Å². The highest BCUT2D eigenvalue weighted by Crippen LogP contribution is 2.32. The Labute approximate surface area is 157 Å². The maximum Gasteiger partial charge on any atom is 0.449 e. The van der Waals surface area contributed by atoms with Crippen LogP contribution in [0.4, 0.5) is 13.2 Å². The molecule has 144 valence electrons. The zero-order valence-corrected chi connectivity index (χ0v) is 15.6. The van der Waals surface area contributed by atoms with Crippen LogP contribution in [0, 0.1) is 12.8 Å². The molecule has 1 atom stereocenters. The lowest BCUT2D eigenvalue weighted by molar-refractivity contribution is -0.147. The molecule has 1 aliphatic heterocycles. The smallest absolute Gasteiger partial charge is 0.340 e. The average Bonchev–Trinajstić information content (AvgIpc) is 3.29. The summed E-state index contributed by atoms with van der Waals surface area (Å²) in [7, 11) is 1.72. The molecule has 6 nitrogen and oxygen atoms in total. The van der Waals surface area contributed by atoms with Gasteiger partial charge in [0, 0.05) is 49.4 Å². The Kier molecular flexibility index (Phi) is 4.25. The van der Waals surface area contributed by atoms with E-state index in [-0.39, 0.29) is 24.8 Å². The van der Waals surface area contributed by atoms with Crippen molar-refractivity contribution in [1.29, 1.82) is 0 Å². The van der Waals surface area contributed by atoms with E-state index in [1.807, 2.05) is 22.9 Å². The zero-order chi connectivity index (χ0) is 19.3. The summed E-state index contributed by atoms with van der Waals surface area (Å²) in [4.78, 5) is 23.4. The highest BCUT2D eigenvalue weighted by Gasteiger charge is 2.39. The van der Waals surface area contributed by atoms with Gasteiger partial charge in [-0.25, -0.2) is 9.97 Å². The van der Waals surface area contributed by atoms with Crippen LogP contribution in [0.1, 0.15) is 29.3 Å². The number of thiazole rings is 1. The van der Waals surface area contributed by atoms with Gasteiger partial charge in [-0.15, -0.1) is 11.3 Å². The Balaban J connectivity index is 1.49. The summed E-state index contributed by atoms with van der Waals surface area (Å²) < 4.78 is 42.1. The Morgan fingerprint density at radius 3 is 2.96 bits per heavy atom. The minimum atomic E-state index is -4.47. The first-order chi connectivity index (χ1) is 12.8. The van der Waals surface area contributed by atoms with Gasteiger partial charge in [-0.3, -0.25) is 9.20 Å². The largest absolute Gasteiger partial charge is 0.449 e. The molecule has 4 rings (SSSR count). The molecule has 27 heavy (non-hydrogen) atoms. The molecule has 0 radical (unpaired) electrons. The summed E-state index contributed by atoms with van der Waals surface area (Å²) >= 11 is 1.53. The first-order valence-corrected chi connectivity index (χ1v) is 9.41. The van der Waals surface area contributed by atoms with Crippen LogP contribution in [0.25, 0.3) is 4.96 Å². The zero-order valence-electron chi connectivity index (χ0n) is 14.8. The molecule has 0 saturated carbocycles. The minimum Gasteiger partial charge on any atom is -0.340 e. The fourth-order valence-corrected chi connectivity index (χ4v) is 4.42. The molecule has 4 heterocycles. The third kappa shape index (κ3) is 3.11. The van der Waals surface area contributed by atoms with E-state index >= 15 is 0 Å². The second-order valence-corrected chi connectivity index (χ2v) is 7.68. The number of aryl methyl sites for hydroxylation is 1. The Hall–Kier alpha value is -2.36. The molecular formula is C17H18F3N5OS. The number of rotatable bonds is 3. The lowest BCUT2D eigenvalue weighted by atomic mass is 9.94. The van der Waals surface area contributed by atoms with Gasteiger partial charge in [0.25, 0.3) is 0 Å². The van der Waals surface area contributed by atoms with Gasteiger partial charge in [-0.1, -0.05) is 0 Å². The van der Waals surface area contributed by atoms with E-state index in [9.17, 15) is 18.0 Å². The van der Waals surface area contributed by atoms with E-state index in [1.165, 1.54) is 22.1 Å². The molecule has 1 amide bonds. The van der Waals surface area contributed by atoms with E-state index in [4.69, 9.17) is 0 Å². The first kappa shape index (κ1) is 18.0. The number of carbonyl (C=O) groups excluding carboxylic acids is 1. The van der Waals surface area contributed by atoms with Gasteiger partial charge < -0.3 is 9.47 Å². The summed E-state index contributed by atoms with van der Waals surface area (Å²) in [5.41, 5.74) is 2.28. The molecule has 1 unspecified atom stereocenters. The number of hydrogen-bond acceptors (Lipinski definition) is 4. The molecule has 10 heteroatoms. The third-order valence-electron chi connectivity index (χ3n) is 5.02. The Morgan fingerprint density at radius 2 is 2.22 bits per heavy atom. The van der Waals surface area contributed by atoms with Crippen LogP contribution >= 0.6 is 11.3 Å². The highest BCUT2D eigenvalue weighted by atomic mass is 32.1. The van der Waals surface area contributed by atoms with Gasteiger partial charge in [0.2, 0.25) is 11.7 Å². The van der Waals surface area contributed by atoms with E-state index in [2.05, 4.69) is 9.97 Å². The molecule has 3 aromatic rings. The number of carbonyl (C=O) groups is 1. The maximum atomic E-state index is 13.0. The summed E-state index contributed by atoms with van der Waals surface area (Å²) in [6.07, 6.45) is -0.679. The number of hydrogen-bond donors (Lipinski definition) is 0. The van der Waals surface area contributed by atoms with Gasteiger partial charge in [0.1, 0.15) is 0 Å². The van der Waals surface area contributed by atoms with Gasteiger partial charge in [0.15, 0.2) is 4.96 Å². The topological polar surface area (TPSA) is 55.4 Å². The van der Waals surface area contributed by atoms with Gasteiger partial charge >= 0.3 is 6.18 Å². The molecular weight excluding hydrogens is 379 g/mol. The van der Waals surface area contributed by atoms with Crippen molar-refractivity contribution in [2.45, 2.75) is 39.0 Å². The van der Waals surface area contributed by atoms with Gasteiger partial charge in [-0.2, -0.15) is 13.2 Å². The van der Waals surface area contributed by atoms with Crippen LogP contribution in [0.15, 0.2) is 17.8 Å². The molecule has 0 aliphatic carbocycles. The van der Waals surface area contributed by atoms with Crippen LogP contribution in [-0.2, 0) is 30.5 Å². The second-order valence-electron chi connectivity index (χ2n) is 6.81. The van der Waals surface area contributed by atoms with E-state index in [1.54, 1.807) is 11.9 Å². The standard InChI is InChI=1S/C17H18F3N5OS/c1-10-13(25-5-6-27-16(25)22-10)9-23(2)14(26)11-3-4-24-12(7-11)8-21-15(24)17(18,19)20/h5-6,8,11H,3-4,7,9H2,1-2H3. The molecule has 0 spiro atoms. The Bertz CT molecular complexity index is 1000. The average molecular weight is 397 g/mol. The number of fused-ring (bicyclic) bond motifs is 2. The van der Waals surface area contributed by atoms with Crippen LogP contribution in [-0.4, -0.2) is 36.8 Å². The van der Waals surface area contributed by atoms with Crippen molar-refractivity contribution < 1.29 is 18.0 Å². The van der Waals surface area contributed by atoms with Crippen LogP contribution in [0.5, 0.6) is 0 Å². The van der Waals surface area contributed by atoms with Crippen molar-refractivity contribution in [3.63, 3.8) is 0 Å². The lowest BCUT2D eigenvalue weighted by Gasteiger charge is -2.28. The molecule has 0 aromatic carbocycles. The number of nitrogens with zero attached hydrogens (tertiary/aromatic N) is 5. The van der Waals surface area contributed by atoms with E-state index in [0.717, 1.165) is 16.3 Å². The molecule has 0 saturated heterocycles. The number of imidazole rings is 2. The Morgan fingerprint density at radius 1 is 1.44 bits per heavy atom.